The molecule has 0 radical (unpaired) electrons. The van der Waals surface area contributed by atoms with E-state index in [1.165, 1.54) is 44.1 Å². The first-order valence-electron chi connectivity index (χ1n) is 11.8. The fourth-order valence-electron chi connectivity index (χ4n) is 6.57. The number of allylic oxidation sites excluding steroid dienone is 4. The summed E-state index contributed by atoms with van der Waals surface area (Å²) >= 11 is 0. The Bertz CT molecular complexity index is 565. The minimum atomic E-state index is 0.464. The molecule has 2 aliphatic rings. The molecule has 0 N–H and O–H groups in total. The molecule has 0 heterocycles. The Hall–Kier alpha value is -0.520. The Kier molecular flexibility index (Phi) is 7.48. The van der Waals surface area contributed by atoms with Gasteiger partial charge in [-0.05, 0) is 108 Å². The van der Waals surface area contributed by atoms with Crippen molar-refractivity contribution in [2.24, 2.45) is 40.9 Å². The first-order chi connectivity index (χ1) is 12.5. The van der Waals surface area contributed by atoms with Crippen molar-refractivity contribution in [3.05, 3.63) is 22.3 Å². The molecule has 0 bridgehead atoms. The molecule has 0 saturated heterocycles. The maximum Gasteiger partial charge on any atom is -0.0138 e. The van der Waals surface area contributed by atoms with Crippen LogP contribution < -0.4 is 0 Å². The van der Waals surface area contributed by atoms with Gasteiger partial charge in [0.05, 0.1) is 0 Å². The Morgan fingerprint density at radius 3 is 2.00 bits per heavy atom. The molecular formula is C27H48. The summed E-state index contributed by atoms with van der Waals surface area (Å²) in [6.45, 7) is 24.3. The van der Waals surface area contributed by atoms with Gasteiger partial charge in [0.15, 0.2) is 0 Å². The number of hydrogen-bond donors (Lipinski definition) is 0. The monoisotopic (exact) mass is 372 g/mol. The van der Waals surface area contributed by atoms with Crippen molar-refractivity contribution in [1.29, 1.82) is 0 Å². The van der Waals surface area contributed by atoms with Crippen molar-refractivity contribution in [3.8, 4) is 0 Å². The molecular weight excluding hydrogens is 324 g/mol. The predicted molar refractivity (Wildman–Crippen MR) is 122 cm³/mol. The van der Waals surface area contributed by atoms with Crippen LogP contribution in [0.3, 0.4) is 0 Å². The molecule has 0 aromatic carbocycles. The van der Waals surface area contributed by atoms with E-state index in [0.717, 1.165) is 35.5 Å². The summed E-state index contributed by atoms with van der Waals surface area (Å²) in [7, 11) is 0. The van der Waals surface area contributed by atoms with Crippen molar-refractivity contribution in [1.82, 2.24) is 0 Å². The highest BCUT2D eigenvalue weighted by atomic mass is 14.5. The molecule has 5 unspecified atom stereocenters. The molecule has 0 amide bonds. The van der Waals surface area contributed by atoms with E-state index in [1.807, 2.05) is 5.57 Å². The summed E-state index contributed by atoms with van der Waals surface area (Å²) in [4.78, 5) is 0. The van der Waals surface area contributed by atoms with Crippen molar-refractivity contribution in [3.63, 3.8) is 0 Å². The lowest BCUT2D eigenvalue weighted by molar-refractivity contribution is -0.00200. The maximum absolute atomic E-state index is 2.55. The van der Waals surface area contributed by atoms with Gasteiger partial charge in [0.1, 0.15) is 0 Å². The van der Waals surface area contributed by atoms with Gasteiger partial charge in [0.25, 0.3) is 0 Å². The summed E-state index contributed by atoms with van der Waals surface area (Å²) in [6.07, 6.45) is 8.32. The van der Waals surface area contributed by atoms with E-state index in [9.17, 15) is 0 Å². The molecule has 2 aliphatic carbocycles. The largest absolute Gasteiger partial charge is 0.0775 e. The highest BCUT2D eigenvalue weighted by Crippen LogP contribution is 2.58. The Morgan fingerprint density at radius 1 is 0.852 bits per heavy atom. The van der Waals surface area contributed by atoms with Crippen molar-refractivity contribution in [2.45, 2.75) is 108 Å². The van der Waals surface area contributed by atoms with Crippen LogP contribution in [0.5, 0.6) is 0 Å². The molecule has 156 valence electrons. The van der Waals surface area contributed by atoms with E-state index in [1.54, 1.807) is 11.1 Å². The highest BCUT2D eigenvalue weighted by molar-refractivity contribution is 5.25. The molecule has 0 aliphatic heterocycles. The molecule has 6 atom stereocenters. The highest BCUT2D eigenvalue weighted by Gasteiger charge is 2.50. The summed E-state index contributed by atoms with van der Waals surface area (Å²) < 4.78 is 0. The van der Waals surface area contributed by atoms with Crippen molar-refractivity contribution < 1.29 is 0 Å². The zero-order valence-corrected chi connectivity index (χ0v) is 20.2. The van der Waals surface area contributed by atoms with E-state index >= 15 is 0 Å². The zero-order valence-electron chi connectivity index (χ0n) is 20.2. The van der Waals surface area contributed by atoms with Crippen LogP contribution >= 0.6 is 0 Å². The smallest absolute Gasteiger partial charge is 0.0138 e. The van der Waals surface area contributed by atoms with Crippen LogP contribution in [0.1, 0.15) is 108 Å². The third-order valence-electron chi connectivity index (χ3n) is 8.55. The second-order valence-electron chi connectivity index (χ2n) is 11.5. The number of rotatable bonds is 6. The molecule has 0 aromatic heterocycles. The molecule has 2 rings (SSSR count). The zero-order chi connectivity index (χ0) is 20.5. The van der Waals surface area contributed by atoms with Gasteiger partial charge in [-0.3, -0.25) is 0 Å². The van der Waals surface area contributed by atoms with Gasteiger partial charge < -0.3 is 0 Å². The minimum absolute atomic E-state index is 0.464. The van der Waals surface area contributed by atoms with E-state index in [2.05, 4.69) is 69.2 Å². The third-order valence-corrected chi connectivity index (χ3v) is 8.55. The average molecular weight is 373 g/mol. The fraction of sp³-hybridized carbons (Fsp3) is 0.852. The molecule has 0 spiro atoms. The van der Waals surface area contributed by atoms with Gasteiger partial charge in [0.2, 0.25) is 0 Å². The molecule has 27 heavy (non-hydrogen) atoms. The minimum Gasteiger partial charge on any atom is -0.0775 e. The van der Waals surface area contributed by atoms with Crippen LogP contribution in [-0.4, -0.2) is 0 Å². The van der Waals surface area contributed by atoms with E-state index in [4.69, 9.17) is 0 Å². The first-order valence-corrected chi connectivity index (χ1v) is 11.8. The Labute approximate surface area is 171 Å². The first kappa shape index (κ1) is 22.8. The lowest BCUT2D eigenvalue weighted by Crippen LogP contribution is -2.48. The van der Waals surface area contributed by atoms with Gasteiger partial charge in [-0.2, -0.15) is 0 Å². The van der Waals surface area contributed by atoms with Crippen molar-refractivity contribution >= 4 is 0 Å². The maximum atomic E-state index is 2.55. The van der Waals surface area contributed by atoms with E-state index in [0.29, 0.717) is 5.41 Å². The van der Waals surface area contributed by atoms with Crippen LogP contribution in [0.15, 0.2) is 22.3 Å². The second-order valence-corrected chi connectivity index (χ2v) is 11.5. The third kappa shape index (κ3) is 4.91. The van der Waals surface area contributed by atoms with Gasteiger partial charge in [-0.15, -0.1) is 0 Å². The van der Waals surface area contributed by atoms with Crippen LogP contribution in [0.2, 0.25) is 0 Å². The lowest BCUT2D eigenvalue weighted by Gasteiger charge is -2.56. The van der Waals surface area contributed by atoms with E-state index in [-0.39, 0.29) is 0 Å². The lowest BCUT2D eigenvalue weighted by atomic mass is 9.49. The summed E-state index contributed by atoms with van der Waals surface area (Å²) in [5, 5.41) is 0. The van der Waals surface area contributed by atoms with Crippen LogP contribution in [0.25, 0.3) is 0 Å². The molecule has 0 nitrogen and oxygen atoms in total. The van der Waals surface area contributed by atoms with E-state index < -0.39 is 0 Å². The van der Waals surface area contributed by atoms with Gasteiger partial charge >= 0.3 is 0 Å². The van der Waals surface area contributed by atoms with Crippen LogP contribution in [0.4, 0.5) is 0 Å². The van der Waals surface area contributed by atoms with Crippen LogP contribution in [-0.2, 0) is 0 Å². The summed E-state index contributed by atoms with van der Waals surface area (Å²) in [6, 6.07) is 0. The predicted octanol–water partition coefficient (Wildman–Crippen LogP) is 8.83. The quantitative estimate of drug-likeness (QED) is 0.408. The molecule has 2 saturated carbocycles. The SMILES string of the molecule is CC(C)=C(C)CCCC1C(C)C(C)C1C(=C(C)C)[C@H]1CCC(C)CC1(C)C. The van der Waals surface area contributed by atoms with Gasteiger partial charge in [0, 0.05) is 0 Å². The summed E-state index contributed by atoms with van der Waals surface area (Å²) in [5.74, 6) is 5.21. The summed E-state index contributed by atoms with van der Waals surface area (Å²) in [5.41, 5.74) is 7.10. The Balaban J connectivity index is 2.18. The molecule has 0 heteroatoms. The normalized spacial score (nSPS) is 35.3. The standard InChI is InChI=1S/C27H48/c1-17(2)20(6)12-11-13-23-21(7)22(8)26(23)25(18(3)4)24-15-14-19(5)16-27(24,9)10/h19,21-24,26H,11-16H2,1-10H3/t19?,21?,22?,23?,24-,26?/m1/s1. The fourth-order valence-corrected chi connectivity index (χ4v) is 6.57. The van der Waals surface area contributed by atoms with Gasteiger partial charge in [-0.1, -0.05) is 63.3 Å². The number of hydrogen-bond acceptors (Lipinski definition) is 0. The topological polar surface area (TPSA) is 0 Å². The Morgan fingerprint density at radius 2 is 1.48 bits per heavy atom. The van der Waals surface area contributed by atoms with Crippen LogP contribution in [0, 0.1) is 40.9 Å². The molecule has 2 fully saturated rings. The second kappa shape index (κ2) is 8.87. The van der Waals surface area contributed by atoms with Gasteiger partial charge in [-0.25, -0.2) is 0 Å². The molecule has 0 aromatic rings. The van der Waals surface area contributed by atoms with Crippen molar-refractivity contribution in [2.75, 3.05) is 0 Å². The average Bonchev–Trinajstić information content (AvgIpc) is 2.56.